The lowest BCUT2D eigenvalue weighted by molar-refractivity contribution is 0.131. The molecule has 1 amide bonds. The first-order valence-electron chi connectivity index (χ1n) is 4.71. The Kier molecular flexibility index (Phi) is 4.02. The van der Waals surface area contributed by atoms with E-state index in [2.05, 4.69) is 4.74 Å². The van der Waals surface area contributed by atoms with Crippen LogP contribution in [0, 0.1) is 5.92 Å². The Labute approximate surface area is 78.5 Å². The number of aliphatic hydroxyl groups excluding tert-OH is 1. The van der Waals surface area contributed by atoms with Crippen LogP contribution in [0.15, 0.2) is 0 Å². The quantitative estimate of drug-likeness (QED) is 0.712. The highest BCUT2D eigenvalue weighted by Crippen LogP contribution is 2.20. The minimum absolute atomic E-state index is 0.230. The van der Waals surface area contributed by atoms with Crippen LogP contribution in [0.3, 0.4) is 0 Å². The fraction of sp³-hybridized carbons (Fsp3) is 0.889. The van der Waals surface area contributed by atoms with Crippen molar-refractivity contribution in [3.63, 3.8) is 0 Å². The number of carbonyl (C=O) groups excluding carboxylic acids is 1. The summed E-state index contributed by atoms with van der Waals surface area (Å²) in [5, 5.41) is 8.64. The Morgan fingerprint density at radius 2 is 2.46 bits per heavy atom. The van der Waals surface area contributed by atoms with E-state index in [4.69, 9.17) is 5.11 Å². The molecule has 1 aliphatic rings. The maximum atomic E-state index is 11.1. The van der Waals surface area contributed by atoms with Gasteiger partial charge >= 0.3 is 6.09 Å². The molecule has 1 saturated heterocycles. The Morgan fingerprint density at radius 3 is 3.08 bits per heavy atom. The molecule has 13 heavy (non-hydrogen) atoms. The predicted molar refractivity (Wildman–Crippen MR) is 48.4 cm³/mol. The first kappa shape index (κ1) is 10.3. The summed E-state index contributed by atoms with van der Waals surface area (Å²) in [6.07, 6.45) is 2.64. The smallest absolute Gasteiger partial charge is 0.409 e. The van der Waals surface area contributed by atoms with Crippen LogP contribution in [0.4, 0.5) is 4.79 Å². The molecule has 0 aliphatic carbocycles. The molecule has 0 spiro atoms. The van der Waals surface area contributed by atoms with E-state index in [9.17, 15) is 4.79 Å². The zero-order valence-corrected chi connectivity index (χ0v) is 8.03. The largest absolute Gasteiger partial charge is 0.453 e. The number of aliphatic hydroxyl groups is 1. The summed E-state index contributed by atoms with van der Waals surface area (Å²) in [5.74, 6) is 0.547. The third-order valence-electron chi connectivity index (χ3n) is 2.49. The van der Waals surface area contributed by atoms with Gasteiger partial charge in [-0.15, -0.1) is 0 Å². The van der Waals surface area contributed by atoms with Gasteiger partial charge in [-0.3, -0.25) is 0 Å². The van der Waals surface area contributed by atoms with Gasteiger partial charge < -0.3 is 14.7 Å². The molecule has 1 heterocycles. The molecule has 4 heteroatoms. The molecule has 1 rings (SSSR count). The standard InChI is InChI=1S/C9H17NO3/c1-13-9(12)10-5-4-8(7-10)3-2-6-11/h8,11H,2-7H2,1H3. The second kappa shape index (κ2) is 5.07. The lowest BCUT2D eigenvalue weighted by atomic mass is 10.0. The average Bonchev–Trinajstić information content (AvgIpc) is 2.62. The molecule has 0 radical (unpaired) electrons. The maximum absolute atomic E-state index is 11.1. The molecule has 1 N–H and O–H groups in total. The van der Waals surface area contributed by atoms with Crippen molar-refractivity contribution in [2.75, 3.05) is 26.8 Å². The van der Waals surface area contributed by atoms with Crippen LogP contribution in [0.2, 0.25) is 0 Å². The van der Waals surface area contributed by atoms with Crippen LogP contribution in [-0.4, -0.2) is 42.9 Å². The molecule has 0 aromatic heterocycles. The van der Waals surface area contributed by atoms with Crippen LogP contribution in [0.25, 0.3) is 0 Å². The number of amides is 1. The zero-order valence-electron chi connectivity index (χ0n) is 8.03. The van der Waals surface area contributed by atoms with Crippen molar-refractivity contribution in [1.82, 2.24) is 4.90 Å². The van der Waals surface area contributed by atoms with Gasteiger partial charge in [0, 0.05) is 19.7 Å². The van der Waals surface area contributed by atoms with Gasteiger partial charge in [0.25, 0.3) is 0 Å². The summed E-state index contributed by atoms with van der Waals surface area (Å²) in [6.45, 7) is 1.82. The molecule has 1 atom stereocenters. The summed E-state index contributed by atoms with van der Waals surface area (Å²) < 4.78 is 4.62. The van der Waals surface area contributed by atoms with E-state index < -0.39 is 0 Å². The predicted octanol–water partition coefficient (Wildman–Crippen LogP) is 0.847. The van der Waals surface area contributed by atoms with Crippen molar-refractivity contribution in [2.24, 2.45) is 5.92 Å². The van der Waals surface area contributed by atoms with E-state index in [1.807, 2.05) is 0 Å². The normalized spacial score (nSPS) is 22.0. The molecule has 1 unspecified atom stereocenters. The third kappa shape index (κ3) is 2.88. The molecule has 0 aromatic carbocycles. The maximum Gasteiger partial charge on any atom is 0.409 e. The number of methoxy groups -OCH3 is 1. The van der Waals surface area contributed by atoms with Gasteiger partial charge in [-0.25, -0.2) is 4.79 Å². The number of nitrogens with zero attached hydrogens (tertiary/aromatic N) is 1. The van der Waals surface area contributed by atoms with Gasteiger partial charge in [-0.2, -0.15) is 0 Å². The minimum Gasteiger partial charge on any atom is -0.453 e. The monoisotopic (exact) mass is 187 g/mol. The highest BCUT2D eigenvalue weighted by atomic mass is 16.5. The highest BCUT2D eigenvalue weighted by Gasteiger charge is 2.25. The van der Waals surface area contributed by atoms with Gasteiger partial charge in [0.2, 0.25) is 0 Å². The van der Waals surface area contributed by atoms with Gasteiger partial charge in [-0.05, 0) is 25.2 Å². The molecule has 4 nitrogen and oxygen atoms in total. The van der Waals surface area contributed by atoms with Gasteiger partial charge in [-0.1, -0.05) is 0 Å². The van der Waals surface area contributed by atoms with Crippen molar-refractivity contribution in [3.8, 4) is 0 Å². The molecular formula is C9H17NO3. The summed E-state index contributed by atoms with van der Waals surface area (Å²) in [4.78, 5) is 12.8. The van der Waals surface area contributed by atoms with E-state index in [0.29, 0.717) is 5.92 Å². The third-order valence-corrected chi connectivity index (χ3v) is 2.49. The number of rotatable bonds is 3. The number of likely N-dealkylation sites (tertiary alicyclic amines) is 1. The van der Waals surface area contributed by atoms with E-state index in [1.165, 1.54) is 7.11 Å². The van der Waals surface area contributed by atoms with Crippen molar-refractivity contribution < 1.29 is 14.6 Å². The van der Waals surface area contributed by atoms with Gasteiger partial charge in [0.05, 0.1) is 7.11 Å². The SMILES string of the molecule is COC(=O)N1CCC(CCCO)C1. The molecular weight excluding hydrogens is 170 g/mol. The summed E-state index contributed by atoms with van der Waals surface area (Å²) in [5.41, 5.74) is 0. The average molecular weight is 187 g/mol. The zero-order chi connectivity index (χ0) is 9.68. The van der Waals surface area contributed by atoms with Crippen molar-refractivity contribution in [1.29, 1.82) is 0 Å². The van der Waals surface area contributed by atoms with E-state index >= 15 is 0 Å². The van der Waals surface area contributed by atoms with Gasteiger partial charge in [0.1, 0.15) is 0 Å². The molecule has 0 saturated carbocycles. The number of hydrogen-bond acceptors (Lipinski definition) is 3. The molecule has 0 aromatic rings. The number of carbonyl (C=O) groups is 1. The summed E-state index contributed by atoms with van der Waals surface area (Å²) >= 11 is 0. The van der Waals surface area contributed by atoms with Crippen molar-refractivity contribution >= 4 is 6.09 Å². The first-order valence-corrected chi connectivity index (χ1v) is 4.71. The van der Waals surface area contributed by atoms with Crippen molar-refractivity contribution in [2.45, 2.75) is 19.3 Å². The van der Waals surface area contributed by atoms with Crippen LogP contribution >= 0.6 is 0 Å². The van der Waals surface area contributed by atoms with Crippen molar-refractivity contribution in [3.05, 3.63) is 0 Å². The molecule has 1 fully saturated rings. The molecule has 1 aliphatic heterocycles. The first-order chi connectivity index (χ1) is 6.27. The Hall–Kier alpha value is -0.770. The lowest BCUT2D eigenvalue weighted by Crippen LogP contribution is -2.28. The Bertz CT molecular complexity index is 172. The summed E-state index contributed by atoms with van der Waals surface area (Å²) in [6, 6.07) is 0. The van der Waals surface area contributed by atoms with E-state index in [-0.39, 0.29) is 12.7 Å². The van der Waals surface area contributed by atoms with E-state index in [0.717, 1.165) is 32.4 Å². The van der Waals surface area contributed by atoms with Crippen LogP contribution < -0.4 is 0 Å². The van der Waals surface area contributed by atoms with Crippen LogP contribution in [0.5, 0.6) is 0 Å². The molecule has 76 valence electrons. The number of ether oxygens (including phenoxy) is 1. The fourth-order valence-electron chi connectivity index (χ4n) is 1.74. The van der Waals surface area contributed by atoms with E-state index in [1.54, 1.807) is 4.90 Å². The van der Waals surface area contributed by atoms with Crippen LogP contribution in [0.1, 0.15) is 19.3 Å². The minimum atomic E-state index is -0.230. The Morgan fingerprint density at radius 1 is 1.69 bits per heavy atom. The fourth-order valence-corrected chi connectivity index (χ4v) is 1.74. The second-order valence-electron chi connectivity index (χ2n) is 3.44. The Balaban J connectivity index is 2.23. The van der Waals surface area contributed by atoms with Crippen LogP contribution in [-0.2, 0) is 4.74 Å². The molecule has 0 bridgehead atoms. The second-order valence-corrected chi connectivity index (χ2v) is 3.44. The topological polar surface area (TPSA) is 49.8 Å². The lowest BCUT2D eigenvalue weighted by Gasteiger charge is -2.14. The summed E-state index contributed by atoms with van der Waals surface area (Å²) in [7, 11) is 1.41. The highest BCUT2D eigenvalue weighted by molar-refractivity contribution is 5.67. The number of hydrogen-bond donors (Lipinski definition) is 1. The van der Waals surface area contributed by atoms with Gasteiger partial charge in [0.15, 0.2) is 0 Å².